The summed E-state index contributed by atoms with van der Waals surface area (Å²) in [5, 5.41) is 13.7. The molecule has 1 unspecified atom stereocenters. The molecular formula is C15H21NO2. The molecular weight excluding hydrogens is 226 g/mol. The molecule has 0 fully saturated rings. The van der Waals surface area contributed by atoms with E-state index in [1.807, 2.05) is 25.1 Å². The lowest BCUT2D eigenvalue weighted by Crippen LogP contribution is -2.35. The minimum Gasteiger partial charge on any atom is -0.459 e. The zero-order chi connectivity index (χ0) is 13.1. The molecule has 2 aromatic rings. The molecule has 0 aliphatic carbocycles. The van der Waals surface area contributed by atoms with Crippen LogP contribution in [0, 0.1) is 5.92 Å². The Morgan fingerprint density at radius 1 is 1.22 bits per heavy atom. The molecule has 0 aliphatic heterocycles. The number of para-hydroxylation sites is 1. The van der Waals surface area contributed by atoms with Crippen molar-refractivity contribution in [2.24, 2.45) is 5.92 Å². The summed E-state index contributed by atoms with van der Waals surface area (Å²) in [7, 11) is 0. The second-order valence-electron chi connectivity index (χ2n) is 5.16. The lowest BCUT2D eigenvalue weighted by molar-refractivity contribution is 0.221. The Labute approximate surface area is 108 Å². The standard InChI is InChI=1S/C15H21NO2/c1-10(2)15(16-11(3)9-17)14-8-12-6-4-5-7-13(12)18-14/h4-8,10-11,15-17H,9H2,1-3H3/t11-,15?/m1/s1. The molecule has 0 saturated carbocycles. The first kappa shape index (κ1) is 13.1. The summed E-state index contributed by atoms with van der Waals surface area (Å²) in [6, 6.07) is 10.3. The van der Waals surface area contributed by atoms with Crippen LogP contribution in [0.15, 0.2) is 34.7 Å². The topological polar surface area (TPSA) is 45.4 Å². The quantitative estimate of drug-likeness (QED) is 0.853. The summed E-state index contributed by atoms with van der Waals surface area (Å²) in [6.45, 7) is 6.39. The Bertz CT molecular complexity index is 471. The number of hydrogen-bond donors (Lipinski definition) is 2. The van der Waals surface area contributed by atoms with E-state index in [1.165, 1.54) is 0 Å². The van der Waals surface area contributed by atoms with Crippen LogP contribution in [0.3, 0.4) is 0 Å². The molecule has 0 amide bonds. The van der Waals surface area contributed by atoms with E-state index in [2.05, 4.69) is 31.3 Å². The maximum Gasteiger partial charge on any atom is 0.134 e. The van der Waals surface area contributed by atoms with Crippen LogP contribution in [-0.4, -0.2) is 17.8 Å². The number of aliphatic hydroxyl groups is 1. The minimum absolute atomic E-state index is 0.0608. The Morgan fingerprint density at radius 2 is 1.94 bits per heavy atom. The van der Waals surface area contributed by atoms with Gasteiger partial charge in [-0.1, -0.05) is 32.0 Å². The lowest BCUT2D eigenvalue weighted by atomic mass is 10.0. The molecule has 2 N–H and O–H groups in total. The van der Waals surface area contributed by atoms with E-state index in [0.717, 1.165) is 16.7 Å². The minimum atomic E-state index is 0.0608. The highest BCUT2D eigenvalue weighted by Gasteiger charge is 2.21. The maximum atomic E-state index is 9.16. The smallest absolute Gasteiger partial charge is 0.134 e. The first-order valence-corrected chi connectivity index (χ1v) is 6.47. The van der Waals surface area contributed by atoms with Gasteiger partial charge in [0.25, 0.3) is 0 Å². The van der Waals surface area contributed by atoms with Crippen LogP contribution in [0.2, 0.25) is 0 Å². The summed E-state index contributed by atoms with van der Waals surface area (Å²) in [5.41, 5.74) is 0.914. The van der Waals surface area contributed by atoms with Gasteiger partial charge in [-0.3, -0.25) is 0 Å². The number of aliphatic hydroxyl groups excluding tert-OH is 1. The van der Waals surface area contributed by atoms with Gasteiger partial charge in [-0.25, -0.2) is 0 Å². The molecule has 2 atom stereocenters. The fraction of sp³-hybridized carbons (Fsp3) is 0.467. The van der Waals surface area contributed by atoms with E-state index in [4.69, 9.17) is 9.52 Å². The second-order valence-corrected chi connectivity index (χ2v) is 5.16. The van der Waals surface area contributed by atoms with Crippen molar-refractivity contribution in [2.75, 3.05) is 6.61 Å². The molecule has 3 heteroatoms. The van der Waals surface area contributed by atoms with E-state index in [-0.39, 0.29) is 18.7 Å². The summed E-state index contributed by atoms with van der Waals surface area (Å²) in [5.74, 6) is 1.34. The average molecular weight is 247 g/mol. The number of nitrogens with one attached hydrogen (secondary N) is 1. The van der Waals surface area contributed by atoms with Gasteiger partial charge in [-0.05, 0) is 25.0 Å². The van der Waals surface area contributed by atoms with Crippen LogP contribution in [0.1, 0.15) is 32.6 Å². The molecule has 0 saturated heterocycles. The zero-order valence-corrected chi connectivity index (χ0v) is 11.2. The predicted molar refractivity (Wildman–Crippen MR) is 73.5 cm³/mol. The van der Waals surface area contributed by atoms with E-state index in [9.17, 15) is 0 Å². The Kier molecular flexibility index (Phi) is 4.04. The van der Waals surface area contributed by atoms with E-state index in [1.54, 1.807) is 0 Å². The molecule has 0 bridgehead atoms. The predicted octanol–water partition coefficient (Wildman–Crippen LogP) is 3.10. The molecule has 98 valence electrons. The molecule has 0 spiro atoms. The third-order valence-electron chi connectivity index (χ3n) is 3.16. The van der Waals surface area contributed by atoms with Crippen molar-refractivity contribution in [1.29, 1.82) is 0 Å². The van der Waals surface area contributed by atoms with Crippen molar-refractivity contribution in [2.45, 2.75) is 32.9 Å². The van der Waals surface area contributed by atoms with Crippen LogP contribution in [-0.2, 0) is 0 Å². The molecule has 3 nitrogen and oxygen atoms in total. The van der Waals surface area contributed by atoms with E-state index in [0.29, 0.717) is 5.92 Å². The van der Waals surface area contributed by atoms with Crippen molar-refractivity contribution >= 4 is 11.0 Å². The first-order valence-electron chi connectivity index (χ1n) is 6.47. The van der Waals surface area contributed by atoms with Crippen LogP contribution < -0.4 is 5.32 Å². The van der Waals surface area contributed by atoms with Crippen LogP contribution in [0.4, 0.5) is 0 Å². The maximum absolute atomic E-state index is 9.16. The highest BCUT2D eigenvalue weighted by atomic mass is 16.3. The number of fused-ring (bicyclic) bond motifs is 1. The van der Waals surface area contributed by atoms with Crippen molar-refractivity contribution in [3.05, 3.63) is 36.1 Å². The normalized spacial score (nSPS) is 15.2. The van der Waals surface area contributed by atoms with Gasteiger partial charge in [-0.2, -0.15) is 0 Å². The Morgan fingerprint density at radius 3 is 2.56 bits per heavy atom. The SMILES string of the molecule is CC(C)C(N[C@H](C)CO)c1cc2ccccc2o1. The van der Waals surface area contributed by atoms with Crippen molar-refractivity contribution in [1.82, 2.24) is 5.32 Å². The van der Waals surface area contributed by atoms with Crippen molar-refractivity contribution < 1.29 is 9.52 Å². The Hall–Kier alpha value is -1.32. The van der Waals surface area contributed by atoms with Gasteiger partial charge < -0.3 is 14.8 Å². The summed E-state index contributed by atoms with van der Waals surface area (Å²) in [6.07, 6.45) is 0. The fourth-order valence-corrected chi connectivity index (χ4v) is 2.12. The van der Waals surface area contributed by atoms with Gasteiger partial charge in [0.05, 0.1) is 12.6 Å². The van der Waals surface area contributed by atoms with Gasteiger partial charge in [-0.15, -0.1) is 0 Å². The van der Waals surface area contributed by atoms with E-state index >= 15 is 0 Å². The largest absolute Gasteiger partial charge is 0.459 e. The fourth-order valence-electron chi connectivity index (χ4n) is 2.12. The van der Waals surface area contributed by atoms with Crippen LogP contribution >= 0.6 is 0 Å². The second kappa shape index (κ2) is 5.55. The molecule has 1 aromatic carbocycles. The van der Waals surface area contributed by atoms with Gasteiger partial charge >= 0.3 is 0 Å². The van der Waals surface area contributed by atoms with Gasteiger partial charge in [0.1, 0.15) is 11.3 Å². The number of hydrogen-bond acceptors (Lipinski definition) is 3. The highest BCUT2D eigenvalue weighted by Crippen LogP contribution is 2.28. The molecule has 18 heavy (non-hydrogen) atoms. The monoisotopic (exact) mass is 247 g/mol. The molecule has 0 aliphatic rings. The van der Waals surface area contributed by atoms with E-state index < -0.39 is 0 Å². The number of furan rings is 1. The molecule has 1 heterocycles. The molecule has 2 rings (SSSR count). The Balaban J connectivity index is 2.29. The number of rotatable bonds is 5. The summed E-state index contributed by atoms with van der Waals surface area (Å²) < 4.78 is 5.89. The van der Waals surface area contributed by atoms with Crippen molar-refractivity contribution in [3.8, 4) is 0 Å². The zero-order valence-electron chi connectivity index (χ0n) is 11.2. The van der Waals surface area contributed by atoms with Crippen LogP contribution in [0.25, 0.3) is 11.0 Å². The molecule has 0 radical (unpaired) electrons. The summed E-state index contributed by atoms with van der Waals surface area (Å²) >= 11 is 0. The van der Waals surface area contributed by atoms with Gasteiger partial charge in [0, 0.05) is 11.4 Å². The highest BCUT2D eigenvalue weighted by molar-refractivity contribution is 5.77. The van der Waals surface area contributed by atoms with Crippen molar-refractivity contribution in [3.63, 3.8) is 0 Å². The molecule has 1 aromatic heterocycles. The first-order chi connectivity index (χ1) is 8.61. The lowest BCUT2D eigenvalue weighted by Gasteiger charge is -2.23. The van der Waals surface area contributed by atoms with Gasteiger partial charge in [0.2, 0.25) is 0 Å². The number of benzene rings is 1. The average Bonchev–Trinajstić information content (AvgIpc) is 2.78. The van der Waals surface area contributed by atoms with Crippen LogP contribution in [0.5, 0.6) is 0 Å². The van der Waals surface area contributed by atoms with Gasteiger partial charge in [0.15, 0.2) is 0 Å². The third kappa shape index (κ3) is 2.74. The third-order valence-corrected chi connectivity index (χ3v) is 3.16. The summed E-state index contributed by atoms with van der Waals surface area (Å²) in [4.78, 5) is 0.